The molecule has 102 valence electrons. The summed E-state index contributed by atoms with van der Waals surface area (Å²) in [6.07, 6.45) is 4.91. The fourth-order valence-electron chi connectivity index (χ4n) is 1.57. The summed E-state index contributed by atoms with van der Waals surface area (Å²) >= 11 is 1.56. The van der Waals surface area contributed by atoms with Crippen molar-refractivity contribution in [3.8, 4) is 11.8 Å². The maximum atomic E-state index is 12.1. The SMILES string of the molecule is Cc1cnc(CNC(=O)c2ccncc2C#CCN)s1. The van der Waals surface area contributed by atoms with E-state index in [1.165, 1.54) is 0 Å². The Labute approximate surface area is 121 Å². The van der Waals surface area contributed by atoms with Crippen LogP contribution < -0.4 is 11.1 Å². The minimum absolute atomic E-state index is 0.193. The fourth-order valence-corrected chi connectivity index (χ4v) is 2.30. The van der Waals surface area contributed by atoms with Crippen LogP contribution in [0.5, 0.6) is 0 Å². The Morgan fingerprint density at radius 2 is 2.35 bits per heavy atom. The second kappa shape index (κ2) is 6.80. The summed E-state index contributed by atoms with van der Waals surface area (Å²) in [7, 11) is 0. The Hall–Kier alpha value is -2.23. The van der Waals surface area contributed by atoms with Crippen molar-refractivity contribution in [2.75, 3.05) is 6.54 Å². The molecule has 0 unspecified atom stereocenters. The molecule has 5 nitrogen and oxygen atoms in total. The van der Waals surface area contributed by atoms with E-state index >= 15 is 0 Å². The predicted octanol–water partition coefficient (Wildman–Crippen LogP) is 1.09. The highest BCUT2D eigenvalue weighted by Gasteiger charge is 2.10. The molecule has 2 rings (SSSR count). The zero-order valence-electron chi connectivity index (χ0n) is 11.0. The molecule has 2 aromatic heterocycles. The topological polar surface area (TPSA) is 80.9 Å². The lowest BCUT2D eigenvalue weighted by Crippen LogP contribution is -2.23. The van der Waals surface area contributed by atoms with Gasteiger partial charge >= 0.3 is 0 Å². The number of carbonyl (C=O) groups excluding carboxylic acids is 1. The number of carbonyl (C=O) groups is 1. The first-order valence-corrected chi connectivity index (χ1v) is 6.85. The Balaban J connectivity index is 2.09. The molecule has 0 spiro atoms. The molecule has 0 aromatic carbocycles. The molecule has 0 saturated heterocycles. The highest BCUT2D eigenvalue weighted by Crippen LogP contribution is 2.11. The Kier molecular flexibility index (Phi) is 4.82. The van der Waals surface area contributed by atoms with E-state index in [-0.39, 0.29) is 12.5 Å². The lowest BCUT2D eigenvalue weighted by Gasteiger charge is -2.04. The lowest BCUT2D eigenvalue weighted by molar-refractivity contribution is 0.0950. The van der Waals surface area contributed by atoms with Crippen molar-refractivity contribution >= 4 is 17.2 Å². The van der Waals surface area contributed by atoms with E-state index in [1.807, 2.05) is 6.92 Å². The molecule has 2 aromatic rings. The van der Waals surface area contributed by atoms with Gasteiger partial charge in [0, 0.05) is 23.5 Å². The van der Waals surface area contributed by atoms with E-state index in [4.69, 9.17) is 5.73 Å². The van der Waals surface area contributed by atoms with Crippen molar-refractivity contribution in [3.63, 3.8) is 0 Å². The quantitative estimate of drug-likeness (QED) is 0.828. The predicted molar refractivity (Wildman–Crippen MR) is 78.2 cm³/mol. The van der Waals surface area contributed by atoms with Crippen LogP contribution in [-0.2, 0) is 6.54 Å². The van der Waals surface area contributed by atoms with Crippen LogP contribution in [0.4, 0.5) is 0 Å². The van der Waals surface area contributed by atoms with Crippen LogP contribution in [0.25, 0.3) is 0 Å². The van der Waals surface area contributed by atoms with Gasteiger partial charge in [-0.2, -0.15) is 0 Å². The molecular weight excluding hydrogens is 272 g/mol. The molecule has 20 heavy (non-hydrogen) atoms. The van der Waals surface area contributed by atoms with Crippen LogP contribution in [0.2, 0.25) is 0 Å². The number of nitrogens with one attached hydrogen (secondary N) is 1. The normalized spacial score (nSPS) is 9.70. The molecule has 0 aliphatic carbocycles. The molecule has 0 saturated carbocycles. The number of aromatic nitrogens is 2. The van der Waals surface area contributed by atoms with Crippen LogP contribution in [0.1, 0.15) is 25.8 Å². The molecule has 0 aliphatic heterocycles. The summed E-state index contributed by atoms with van der Waals surface area (Å²) in [6, 6.07) is 1.64. The van der Waals surface area contributed by atoms with Gasteiger partial charge in [0.05, 0.1) is 24.2 Å². The summed E-state index contributed by atoms with van der Waals surface area (Å²) in [5.74, 6) is 5.38. The summed E-state index contributed by atoms with van der Waals surface area (Å²) < 4.78 is 0. The molecule has 0 aliphatic rings. The van der Waals surface area contributed by atoms with Crippen LogP contribution in [0, 0.1) is 18.8 Å². The summed E-state index contributed by atoms with van der Waals surface area (Å²) in [5, 5.41) is 3.70. The molecule has 0 atom stereocenters. The second-order valence-corrected chi connectivity index (χ2v) is 5.29. The molecule has 2 heterocycles. The Morgan fingerprint density at radius 3 is 3.05 bits per heavy atom. The zero-order valence-corrected chi connectivity index (χ0v) is 11.8. The van der Waals surface area contributed by atoms with Gasteiger partial charge in [0.1, 0.15) is 5.01 Å². The van der Waals surface area contributed by atoms with Crippen LogP contribution >= 0.6 is 11.3 Å². The third-order valence-corrected chi connectivity index (χ3v) is 3.37. The monoisotopic (exact) mass is 286 g/mol. The number of hydrogen-bond donors (Lipinski definition) is 2. The van der Waals surface area contributed by atoms with Gasteiger partial charge in [-0.1, -0.05) is 11.8 Å². The lowest BCUT2D eigenvalue weighted by atomic mass is 10.1. The summed E-state index contributed by atoms with van der Waals surface area (Å²) in [5.41, 5.74) is 6.41. The number of nitrogens with two attached hydrogens (primary N) is 1. The molecule has 1 amide bonds. The van der Waals surface area contributed by atoms with E-state index in [2.05, 4.69) is 27.1 Å². The maximum Gasteiger partial charge on any atom is 0.253 e. The van der Waals surface area contributed by atoms with E-state index < -0.39 is 0 Å². The highest BCUT2D eigenvalue weighted by atomic mass is 32.1. The third-order valence-electron chi connectivity index (χ3n) is 2.46. The van der Waals surface area contributed by atoms with Gasteiger partial charge in [-0.05, 0) is 13.0 Å². The number of nitrogens with zero attached hydrogens (tertiary/aromatic N) is 2. The van der Waals surface area contributed by atoms with Crippen LogP contribution in [0.15, 0.2) is 24.7 Å². The summed E-state index contributed by atoms with van der Waals surface area (Å²) in [6.45, 7) is 2.63. The number of hydrogen-bond acceptors (Lipinski definition) is 5. The molecule has 6 heteroatoms. The van der Waals surface area contributed by atoms with Gasteiger partial charge in [0.15, 0.2) is 0 Å². The van der Waals surface area contributed by atoms with Gasteiger partial charge in [0.25, 0.3) is 5.91 Å². The van der Waals surface area contributed by atoms with Crippen molar-refractivity contribution < 1.29 is 4.79 Å². The van der Waals surface area contributed by atoms with E-state index in [1.54, 1.807) is 36.0 Å². The number of amides is 1. The molecular formula is C14H14N4OS. The smallest absolute Gasteiger partial charge is 0.253 e. The average molecular weight is 286 g/mol. The van der Waals surface area contributed by atoms with Crippen molar-refractivity contribution in [1.82, 2.24) is 15.3 Å². The third kappa shape index (κ3) is 3.63. The molecule has 0 fully saturated rings. The van der Waals surface area contributed by atoms with Gasteiger partial charge in [-0.15, -0.1) is 11.3 Å². The fraction of sp³-hybridized carbons (Fsp3) is 0.214. The van der Waals surface area contributed by atoms with Gasteiger partial charge < -0.3 is 11.1 Å². The van der Waals surface area contributed by atoms with Crippen LogP contribution in [-0.4, -0.2) is 22.4 Å². The molecule has 0 bridgehead atoms. The first kappa shape index (κ1) is 14.2. The van der Waals surface area contributed by atoms with Crippen molar-refractivity contribution in [1.29, 1.82) is 0 Å². The van der Waals surface area contributed by atoms with Gasteiger partial charge in [-0.25, -0.2) is 4.98 Å². The van der Waals surface area contributed by atoms with E-state index in [0.717, 1.165) is 9.88 Å². The number of thiazole rings is 1. The first-order chi connectivity index (χ1) is 9.70. The first-order valence-electron chi connectivity index (χ1n) is 6.03. The number of rotatable bonds is 3. The second-order valence-electron chi connectivity index (χ2n) is 3.97. The molecule has 0 radical (unpaired) electrons. The van der Waals surface area contributed by atoms with Crippen molar-refractivity contribution in [3.05, 3.63) is 45.7 Å². The Bertz CT molecular complexity index is 669. The van der Waals surface area contributed by atoms with Gasteiger partial charge in [-0.3, -0.25) is 9.78 Å². The highest BCUT2D eigenvalue weighted by molar-refractivity contribution is 7.11. The minimum atomic E-state index is -0.193. The Morgan fingerprint density at radius 1 is 1.50 bits per heavy atom. The zero-order chi connectivity index (χ0) is 14.4. The standard InChI is InChI=1S/C14H14N4OS/c1-10-7-17-13(20-10)9-18-14(19)12-4-6-16-8-11(12)3-2-5-15/h4,6-8H,5,9,15H2,1H3,(H,18,19). The van der Waals surface area contributed by atoms with E-state index in [0.29, 0.717) is 17.7 Å². The van der Waals surface area contributed by atoms with Crippen molar-refractivity contribution in [2.45, 2.75) is 13.5 Å². The van der Waals surface area contributed by atoms with Crippen LogP contribution in [0.3, 0.4) is 0 Å². The van der Waals surface area contributed by atoms with E-state index in [9.17, 15) is 4.79 Å². The maximum absolute atomic E-state index is 12.1. The summed E-state index contributed by atoms with van der Waals surface area (Å²) in [4.78, 5) is 21.4. The largest absolute Gasteiger partial charge is 0.345 e. The number of pyridine rings is 1. The minimum Gasteiger partial charge on any atom is -0.345 e. The van der Waals surface area contributed by atoms with Crippen molar-refractivity contribution in [2.24, 2.45) is 5.73 Å². The number of aryl methyl sites for hydroxylation is 1. The van der Waals surface area contributed by atoms with Gasteiger partial charge in [0.2, 0.25) is 0 Å². The molecule has 3 N–H and O–H groups in total. The average Bonchev–Trinajstić information content (AvgIpc) is 2.88.